The second-order valence-corrected chi connectivity index (χ2v) is 7.85. The number of aryl methyl sites for hydroxylation is 2. The van der Waals surface area contributed by atoms with Crippen molar-refractivity contribution in [2.75, 3.05) is 27.7 Å². The number of benzene rings is 1. The van der Waals surface area contributed by atoms with Crippen LogP contribution in [0.3, 0.4) is 0 Å². The van der Waals surface area contributed by atoms with Crippen LogP contribution >= 0.6 is 11.3 Å². The van der Waals surface area contributed by atoms with Gasteiger partial charge in [-0.25, -0.2) is 4.98 Å². The van der Waals surface area contributed by atoms with Gasteiger partial charge in [-0.15, -0.1) is 11.3 Å². The van der Waals surface area contributed by atoms with E-state index in [0.29, 0.717) is 33.0 Å². The highest BCUT2D eigenvalue weighted by Crippen LogP contribution is 2.27. The molecule has 0 spiro atoms. The van der Waals surface area contributed by atoms with Crippen LogP contribution in [0, 0.1) is 13.8 Å². The van der Waals surface area contributed by atoms with Crippen molar-refractivity contribution in [3.63, 3.8) is 0 Å². The predicted octanol–water partition coefficient (Wildman–Crippen LogP) is 2.64. The number of ether oxygens (including phenoxy) is 1. The first-order chi connectivity index (χ1) is 13.3. The minimum Gasteiger partial charge on any atom is -0.497 e. The molecule has 2 N–H and O–H groups in total. The molecule has 0 aliphatic carbocycles. The number of thiophene rings is 1. The summed E-state index contributed by atoms with van der Waals surface area (Å²) in [4.78, 5) is 35.2. The van der Waals surface area contributed by atoms with Gasteiger partial charge in [0.15, 0.2) is 0 Å². The zero-order valence-electron chi connectivity index (χ0n) is 16.6. The number of nitrogens with one attached hydrogen (secondary N) is 2. The molecule has 3 rings (SSSR count). The van der Waals surface area contributed by atoms with E-state index in [0.717, 1.165) is 11.3 Å². The molecule has 2 heterocycles. The molecule has 1 unspecified atom stereocenters. The first-order valence-electron chi connectivity index (χ1n) is 8.90. The molecule has 0 saturated heterocycles. The molecule has 0 fully saturated rings. The van der Waals surface area contributed by atoms with Crippen molar-refractivity contribution in [1.29, 1.82) is 0 Å². The Hall–Kier alpha value is -2.71. The molecule has 3 aromatic rings. The third-order valence-corrected chi connectivity index (χ3v) is 5.89. The molecular formula is C20H24N4O3S. The average molecular weight is 401 g/mol. The summed E-state index contributed by atoms with van der Waals surface area (Å²) < 4.78 is 5.21. The highest BCUT2D eigenvalue weighted by Gasteiger charge is 2.21. The van der Waals surface area contributed by atoms with E-state index in [9.17, 15) is 9.59 Å². The number of amides is 1. The first kappa shape index (κ1) is 20.0. The van der Waals surface area contributed by atoms with Crippen molar-refractivity contribution in [2.24, 2.45) is 0 Å². The lowest BCUT2D eigenvalue weighted by Crippen LogP contribution is -2.34. The van der Waals surface area contributed by atoms with Gasteiger partial charge in [-0.2, -0.15) is 0 Å². The smallest absolute Gasteiger partial charge is 0.261 e. The Kier molecular flexibility index (Phi) is 5.81. The van der Waals surface area contributed by atoms with E-state index in [4.69, 9.17) is 4.74 Å². The van der Waals surface area contributed by atoms with Gasteiger partial charge >= 0.3 is 0 Å². The second kappa shape index (κ2) is 8.12. The monoisotopic (exact) mass is 400 g/mol. The first-order valence-corrected chi connectivity index (χ1v) is 9.72. The van der Waals surface area contributed by atoms with Gasteiger partial charge in [0.2, 0.25) is 0 Å². The molecule has 8 heteroatoms. The number of nitrogens with zero attached hydrogens (tertiary/aromatic N) is 2. The normalized spacial score (nSPS) is 12.4. The van der Waals surface area contributed by atoms with E-state index in [1.165, 1.54) is 11.3 Å². The number of rotatable bonds is 6. The summed E-state index contributed by atoms with van der Waals surface area (Å²) in [6.45, 7) is 3.95. The number of aromatic nitrogens is 2. The van der Waals surface area contributed by atoms with E-state index in [-0.39, 0.29) is 17.5 Å². The van der Waals surface area contributed by atoms with Gasteiger partial charge in [0.05, 0.1) is 23.4 Å². The predicted molar refractivity (Wildman–Crippen MR) is 111 cm³/mol. The highest BCUT2D eigenvalue weighted by atomic mass is 32.1. The van der Waals surface area contributed by atoms with Crippen LogP contribution in [0.2, 0.25) is 0 Å². The summed E-state index contributed by atoms with van der Waals surface area (Å²) in [5.41, 5.74) is 1.53. The summed E-state index contributed by atoms with van der Waals surface area (Å²) in [6, 6.07) is 7.81. The largest absolute Gasteiger partial charge is 0.497 e. The van der Waals surface area contributed by atoms with Crippen molar-refractivity contribution in [1.82, 2.24) is 20.2 Å². The molecule has 1 atom stereocenters. The van der Waals surface area contributed by atoms with Crippen LogP contribution < -0.4 is 15.6 Å². The molecule has 1 aromatic carbocycles. The molecule has 0 radical (unpaired) electrons. The Morgan fingerprint density at radius 2 is 1.96 bits per heavy atom. The van der Waals surface area contributed by atoms with Gasteiger partial charge in [-0.1, -0.05) is 12.1 Å². The Morgan fingerprint density at radius 1 is 1.29 bits per heavy atom. The molecule has 2 aromatic heterocycles. The molecule has 28 heavy (non-hydrogen) atoms. The van der Waals surface area contributed by atoms with Gasteiger partial charge in [-0.05, 0) is 51.2 Å². The van der Waals surface area contributed by atoms with Crippen molar-refractivity contribution >= 4 is 27.5 Å². The fourth-order valence-corrected chi connectivity index (χ4v) is 4.31. The maximum atomic E-state index is 12.8. The molecule has 7 nitrogen and oxygen atoms in total. The van der Waals surface area contributed by atoms with E-state index < -0.39 is 0 Å². The van der Waals surface area contributed by atoms with Crippen LogP contribution in [-0.2, 0) is 0 Å². The highest BCUT2D eigenvalue weighted by molar-refractivity contribution is 7.20. The summed E-state index contributed by atoms with van der Waals surface area (Å²) in [5.74, 6) is 1.13. The Bertz CT molecular complexity index is 1050. The molecule has 0 saturated carbocycles. The number of carbonyl (C=O) groups excluding carboxylic acids is 1. The zero-order valence-corrected chi connectivity index (χ0v) is 17.4. The summed E-state index contributed by atoms with van der Waals surface area (Å²) in [7, 11) is 5.57. The summed E-state index contributed by atoms with van der Waals surface area (Å²) in [5, 5.41) is 3.49. The Labute approximate surface area is 167 Å². The van der Waals surface area contributed by atoms with Crippen LogP contribution in [0.15, 0.2) is 29.1 Å². The third kappa shape index (κ3) is 3.93. The van der Waals surface area contributed by atoms with Crippen molar-refractivity contribution < 1.29 is 9.53 Å². The maximum absolute atomic E-state index is 12.8. The fourth-order valence-electron chi connectivity index (χ4n) is 3.16. The molecule has 148 valence electrons. The number of likely N-dealkylation sites (N-methyl/N-ethyl adjacent to an activating group) is 1. The van der Waals surface area contributed by atoms with Crippen LogP contribution in [0.25, 0.3) is 10.2 Å². The van der Waals surface area contributed by atoms with Crippen LogP contribution in [0.5, 0.6) is 5.75 Å². The number of hydrogen-bond donors (Lipinski definition) is 2. The number of aromatic amines is 1. The SMILES string of the molecule is COc1ccc(C(CNC(=O)c2sc3nc(C)[nH]c(=O)c3c2C)N(C)C)cc1. The topological polar surface area (TPSA) is 87.3 Å². The number of methoxy groups -OCH3 is 1. The average Bonchev–Trinajstić information content (AvgIpc) is 2.98. The minimum atomic E-state index is -0.209. The van der Waals surface area contributed by atoms with Crippen molar-refractivity contribution in [3.05, 3.63) is 56.4 Å². The van der Waals surface area contributed by atoms with Crippen molar-refractivity contribution in [3.8, 4) is 5.75 Å². The van der Waals surface area contributed by atoms with Gasteiger partial charge in [0.25, 0.3) is 11.5 Å². The minimum absolute atomic E-state index is 0.00770. The second-order valence-electron chi connectivity index (χ2n) is 6.85. The lowest BCUT2D eigenvalue weighted by atomic mass is 10.1. The van der Waals surface area contributed by atoms with Gasteiger partial charge in [0, 0.05) is 6.54 Å². The zero-order chi connectivity index (χ0) is 20.4. The third-order valence-electron chi connectivity index (χ3n) is 4.71. The molecule has 0 bridgehead atoms. The molecule has 0 aliphatic rings. The Balaban J connectivity index is 1.81. The van der Waals surface area contributed by atoms with E-state index in [1.54, 1.807) is 21.0 Å². The van der Waals surface area contributed by atoms with E-state index >= 15 is 0 Å². The molecule has 0 aliphatic heterocycles. The van der Waals surface area contributed by atoms with Gasteiger partial charge in [-0.3, -0.25) is 9.59 Å². The maximum Gasteiger partial charge on any atom is 0.261 e. The standard InChI is InChI=1S/C20H24N4O3S/c1-11-16-18(25)22-12(2)23-20(16)28-17(11)19(26)21-10-15(24(3)4)13-6-8-14(27-5)9-7-13/h6-9,15H,10H2,1-5H3,(H,21,26)(H,22,23,25). The lowest BCUT2D eigenvalue weighted by Gasteiger charge is -2.25. The lowest BCUT2D eigenvalue weighted by molar-refractivity contribution is 0.0945. The van der Waals surface area contributed by atoms with Crippen molar-refractivity contribution in [2.45, 2.75) is 19.9 Å². The van der Waals surface area contributed by atoms with Crippen LogP contribution in [0.1, 0.15) is 32.7 Å². The van der Waals surface area contributed by atoms with E-state index in [2.05, 4.69) is 20.2 Å². The van der Waals surface area contributed by atoms with Gasteiger partial charge < -0.3 is 19.9 Å². The van der Waals surface area contributed by atoms with Gasteiger partial charge in [0.1, 0.15) is 16.4 Å². The van der Waals surface area contributed by atoms with Crippen LogP contribution in [0.4, 0.5) is 0 Å². The number of H-pyrrole nitrogens is 1. The quantitative estimate of drug-likeness (QED) is 0.664. The number of fused-ring (bicyclic) bond motifs is 1. The molecule has 1 amide bonds. The molecular weight excluding hydrogens is 376 g/mol. The summed E-state index contributed by atoms with van der Waals surface area (Å²) in [6.07, 6.45) is 0. The summed E-state index contributed by atoms with van der Waals surface area (Å²) >= 11 is 1.25. The number of carbonyl (C=O) groups is 1. The van der Waals surface area contributed by atoms with E-state index in [1.807, 2.05) is 38.4 Å². The van der Waals surface area contributed by atoms with Crippen LogP contribution in [-0.4, -0.2) is 48.5 Å². The number of hydrogen-bond acceptors (Lipinski definition) is 6. The fraction of sp³-hybridized carbons (Fsp3) is 0.350. The Morgan fingerprint density at radius 3 is 2.57 bits per heavy atom.